The Balaban J connectivity index is 2.52. The van der Waals surface area contributed by atoms with Gasteiger partial charge in [-0.3, -0.25) is 9.59 Å². The van der Waals surface area contributed by atoms with Crippen LogP contribution in [0.1, 0.15) is 28.4 Å². The average Bonchev–Trinajstić information content (AvgIpc) is 2.54. The second-order valence-electron chi connectivity index (χ2n) is 5.22. The van der Waals surface area contributed by atoms with Crippen LogP contribution in [-0.2, 0) is 18.2 Å². The number of hydrogen-bond acceptors (Lipinski definition) is 3. The third-order valence-corrected chi connectivity index (χ3v) is 4.03. The molecule has 0 radical (unpaired) electrons. The van der Waals surface area contributed by atoms with Crippen molar-refractivity contribution in [2.75, 3.05) is 13.2 Å². The van der Waals surface area contributed by atoms with Crippen LogP contribution in [0.2, 0.25) is 0 Å². The number of ketones is 1. The monoisotopic (exact) mass is 399 g/mol. The third-order valence-electron chi connectivity index (χ3n) is 3.54. The molecular weight excluding hydrogens is 384 g/mol. The quantitative estimate of drug-likeness (QED) is 0.700. The van der Waals surface area contributed by atoms with E-state index < -0.39 is 23.0 Å². The molecule has 4 nitrogen and oxygen atoms in total. The van der Waals surface area contributed by atoms with Crippen LogP contribution in [0.5, 0.6) is 0 Å². The lowest BCUT2D eigenvalue weighted by Gasteiger charge is -2.12. The zero-order valence-corrected chi connectivity index (χ0v) is 14.8. The summed E-state index contributed by atoms with van der Waals surface area (Å²) in [6.07, 6.45) is 1.06. The minimum Gasteiger partial charge on any atom is -0.374 e. The van der Waals surface area contributed by atoms with Crippen molar-refractivity contribution in [2.45, 2.75) is 13.3 Å². The number of nitrogens with zero attached hydrogens (tertiary/aromatic N) is 1. The molecule has 24 heavy (non-hydrogen) atoms. The molecule has 0 bridgehead atoms. The standard InChI is InChI=1S/C17H16BrF2NO3/c1-3-24-9-15(22)13-8-21(2)17(23)16(20)12(13)6-10-4-5-11(18)7-14(10)19/h4-5,7-8H,3,6,9H2,1-2H3. The number of hydrogen-bond donors (Lipinski definition) is 0. The van der Waals surface area contributed by atoms with E-state index in [0.29, 0.717) is 11.1 Å². The first-order valence-corrected chi connectivity index (χ1v) is 8.07. The fraction of sp³-hybridized carbons (Fsp3) is 0.294. The van der Waals surface area contributed by atoms with E-state index in [2.05, 4.69) is 15.9 Å². The molecule has 128 valence electrons. The summed E-state index contributed by atoms with van der Waals surface area (Å²) in [4.78, 5) is 24.1. The summed E-state index contributed by atoms with van der Waals surface area (Å²) in [5, 5.41) is 0. The summed E-state index contributed by atoms with van der Waals surface area (Å²) in [6.45, 7) is 1.83. The lowest BCUT2D eigenvalue weighted by molar-refractivity contribution is 0.0781. The molecule has 0 N–H and O–H groups in total. The molecular formula is C17H16BrF2NO3. The van der Waals surface area contributed by atoms with Crippen LogP contribution in [-0.4, -0.2) is 23.6 Å². The maximum atomic E-state index is 14.4. The summed E-state index contributed by atoms with van der Waals surface area (Å²) in [6, 6.07) is 4.34. The van der Waals surface area contributed by atoms with Crippen LogP contribution in [0.4, 0.5) is 8.78 Å². The second-order valence-corrected chi connectivity index (χ2v) is 6.14. The van der Waals surface area contributed by atoms with Crippen molar-refractivity contribution in [3.8, 4) is 0 Å². The zero-order valence-electron chi connectivity index (χ0n) is 13.2. The van der Waals surface area contributed by atoms with Crippen molar-refractivity contribution in [2.24, 2.45) is 7.05 Å². The van der Waals surface area contributed by atoms with E-state index in [1.165, 1.54) is 25.4 Å². The number of carbonyl (C=O) groups excluding carboxylic acids is 1. The number of Topliss-reactive ketones (excluding diaryl/α,β-unsaturated/α-hetero) is 1. The van der Waals surface area contributed by atoms with Crippen molar-refractivity contribution < 1.29 is 18.3 Å². The lowest BCUT2D eigenvalue weighted by atomic mass is 9.98. The van der Waals surface area contributed by atoms with Gasteiger partial charge in [0.25, 0.3) is 5.56 Å². The van der Waals surface area contributed by atoms with Crippen molar-refractivity contribution in [1.82, 2.24) is 4.57 Å². The van der Waals surface area contributed by atoms with Gasteiger partial charge in [0.1, 0.15) is 12.4 Å². The van der Waals surface area contributed by atoms with E-state index in [1.807, 2.05) is 0 Å². The van der Waals surface area contributed by atoms with Crippen molar-refractivity contribution in [1.29, 1.82) is 0 Å². The average molecular weight is 400 g/mol. The molecule has 0 fully saturated rings. The van der Waals surface area contributed by atoms with Crippen molar-refractivity contribution >= 4 is 21.7 Å². The Kier molecular flexibility index (Phi) is 6.01. The van der Waals surface area contributed by atoms with E-state index in [0.717, 1.165) is 4.57 Å². The van der Waals surface area contributed by atoms with Gasteiger partial charge in [0.05, 0.1) is 0 Å². The first kappa shape index (κ1) is 18.5. The topological polar surface area (TPSA) is 48.3 Å². The maximum absolute atomic E-state index is 14.4. The zero-order chi connectivity index (χ0) is 17.9. The van der Waals surface area contributed by atoms with E-state index in [-0.39, 0.29) is 29.7 Å². The molecule has 0 spiro atoms. The summed E-state index contributed by atoms with van der Waals surface area (Å²) in [7, 11) is 1.35. The van der Waals surface area contributed by atoms with Crippen molar-refractivity contribution in [3.63, 3.8) is 0 Å². The predicted molar refractivity (Wildman–Crippen MR) is 89.4 cm³/mol. The Morgan fingerprint density at radius 3 is 2.67 bits per heavy atom. The third kappa shape index (κ3) is 3.96. The lowest BCUT2D eigenvalue weighted by Crippen LogP contribution is -2.26. The van der Waals surface area contributed by atoms with E-state index in [4.69, 9.17) is 4.74 Å². The molecule has 0 aliphatic carbocycles. The Morgan fingerprint density at radius 1 is 1.33 bits per heavy atom. The van der Waals surface area contributed by atoms with Gasteiger partial charge in [-0.25, -0.2) is 8.78 Å². The maximum Gasteiger partial charge on any atom is 0.286 e. The molecule has 1 aromatic carbocycles. The van der Waals surface area contributed by atoms with Gasteiger partial charge in [-0.2, -0.15) is 0 Å². The largest absolute Gasteiger partial charge is 0.374 e. The molecule has 0 atom stereocenters. The molecule has 0 saturated heterocycles. The summed E-state index contributed by atoms with van der Waals surface area (Å²) < 4.78 is 35.1. The van der Waals surface area contributed by atoms with Gasteiger partial charge in [-0.05, 0) is 24.6 Å². The molecule has 7 heteroatoms. The van der Waals surface area contributed by atoms with Crippen LogP contribution in [0.25, 0.3) is 0 Å². The van der Waals surface area contributed by atoms with Gasteiger partial charge in [0.2, 0.25) is 0 Å². The highest BCUT2D eigenvalue weighted by molar-refractivity contribution is 9.10. The Labute approximate surface area is 146 Å². The van der Waals surface area contributed by atoms with E-state index in [9.17, 15) is 18.4 Å². The number of pyridine rings is 1. The summed E-state index contributed by atoms with van der Waals surface area (Å²) in [5.41, 5.74) is -0.777. The molecule has 0 aliphatic heterocycles. The van der Waals surface area contributed by atoms with Gasteiger partial charge < -0.3 is 9.30 Å². The molecule has 0 saturated carbocycles. The van der Waals surface area contributed by atoms with Gasteiger partial charge in [-0.15, -0.1) is 0 Å². The number of aromatic nitrogens is 1. The van der Waals surface area contributed by atoms with Gasteiger partial charge in [-0.1, -0.05) is 22.0 Å². The number of carbonyl (C=O) groups is 1. The number of ether oxygens (including phenoxy) is 1. The SMILES string of the molecule is CCOCC(=O)c1cn(C)c(=O)c(F)c1Cc1ccc(Br)cc1F. The van der Waals surface area contributed by atoms with Crippen LogP contribution >= 0.6 is 15.9 Å². The first-order chi connectivity index (χ1) is 11.3. The van der Waals surface area contributed by atoms with E-state index in [1.54, 1.807) is 13.0 Å². The van der Waals surface area contributed by atoms with Crippen molar-refractivity contribution in [3.05, 3.63) is 67.5 Å². The summed E-state index contributed by atoms with van der Waals surface area (Å²) >= 11 is 3.15. The fourth-order valence-corrected chi connectivity index (χ4v) is 2.61. The Bertz CT molecular complexity index is 833. The molecule has 0 aliphatic rings. The molecule has 2 aromatic rings. The Morgan fingerprint density at radius 2 is 2.04 bits per heavy atom. The first-order valence-electron chi connectivity index (χ1n) is 7.28. The smallest absolute Gasteiger partial charge is 0.286 e. The summed E-state index contributed by atoms with van der Waals surface area (Å²) in [5.74, 6) is -2.06. The van der Waals surface area contributed by atoms with E-state index >= 15 is 0 Å². The number of halogens is 3. The molecule has 1 heterocycles. The number of aryl methyl sites for hydroxylation is 1. The predicted octanol–water partition coefficient (Wildman–Crippen LogP) is 3.24. The minimum atomic E-state index is -1.05. The minimum absolute atomic E-state index is 0.0189. The normalized spacial score (nSPS) is 10.9. The molecule has 2 rings (SSSR count). The molecule has 0 amide bonds. The van der Waals surface area contributed by atoms with Crippen LogP contribution in [0.3, 0.4) is 0 Å². The Hall–Kier alpha value is -1.86. The van der Waals surface area contributed by atoms with Crippen LogP contribution < -0.4 is 5.56 Å². The number of benzene rings is 1. The fourth-order valence-electron chi connectivity index (χ4n) is 2.27. The highest BCUT2D eigenvalue weighted by atomic mass is 79.9. The van der Waals surface area contributed by atoms with Crippen LogP contribution in [0.15, 0.2) is 33.7 Å². The number of rotatable bonds is 6. The van der Waals surface area contributed by atoms with Gasteiger partial charge in [0.15, 0.2) is 11.6 Å². The second kappa shape index (κ2) is 7.81. The molecule has 0 unspecified atom stereocenters. The van der Waals surface area contributed by atoms with Crippen LogP contribution in [0, 0.1) is 11.6 Å². The molecule has 1 aromatic heterocycles. The highest BCUT2D eigenvalue weighted by Crippen LogP contribution is 2.21. The highest BCUT2D eigenvalue weighted by Gasteiger charge is 2.21. The van der Waals surface area contributed by atoms with Gasteiger partial charge >= 0.3 is 0 Å². The van der Waals surface area contributed by atoms with Gasteiger partial charge in [0, 0.05) is 41.9 Å².